The number of aliphatic hydroxyl groups is 1. The van der Waals surface area contributed by atoms with E-state index in [2.05, 4.69) is 0 Å². The first-order valence-electron chi connectivity index (χ1n) is 15.2. The molecule has 3 heterocycles. The first-order chi connectivity index (χ1) is 20.4. The Bertz CT molecular complexity index is 1580. The molecular formula is C34H42O10. The van der Waals surface area contributed by atoms with Gasteiger partial charge in [-0.1, -0.05) is 31.6 Å². The number of hydrogen-bond donors (Lipinski definition) is 3. The van der Waals surface area contributed by atoms with Crippen molar-refractivity contribution in [3.8, 4) is 17.2 Å². The second-order valence-electron chi connectivity index (χ2n) is 14.5. The van der Waals surface area contributed by atoms with Crippen LogP contribution in [0, 0.1) is 11.8 Å². The third kappa shape index (κ3) is 3.39. The number of aliphatic carboxylic acids is 1. The quantitative estimate of drug-likeness (QED) is 0.316. The van der Waals surface area contributed by atoms with Gasteiger partial charge in [0.15, 0.2) is 22.6 Å². The Hall–Kier alpha value is -3.21. The van der Waals surface area contributed by atoms with Gasteiger partial charge in [0.1, 0.15) is 35.0 Å². The topological polar surface area (TPSA) is 149 Å². The van der Waals surface area contributed by atoms with Crippen LogP contribution in [0.25, 0.3) is 0 Å². The summed E-state index contributed by atoms with van der Waals surface area (Å²) in [6.45, 7) is 14.8. The lowest BCUT2D eigenvalue weighted by Crippen LogP contribution is -2.86. The number of carboxylic acids is 1. The number of hydrogen-bond acceptors (Lipinski definition) is 9. The van der Waals surface area contributed by atoms with Crippen molar-refractivity contribution in [2.45, 2.75) is 115 Å². The number of methoxy groups -OCH3 is 1. The molecule has 4 bridgehead atoms. The van der Waals surface area contributed by atoms with E-state index in [4.69, 9.17) is 18.9 Å². The van der Waals surface area contributed by atoms with Crippen LogP contribution in [0.15, 0.2) is 23.3 Å². The molecule has 0 radical (unpaired) electrons. The van der Waals surface area contributed by atoms with Crippen molar-refractivity contribution in [1.82, 2.24) is 0 Å². The summed E-state index contributed by atoms with van der Waals surface area (Å²) >= 11 is 0. The Kier molecular flexibility index (Phi) is 6.42. The van der Waals surface area contributed by atoms with Gasteiger partial charge >= 0.3 is 5.97 Å². The van der Waals surface area contributed by atoms with Crippen LogP contribution in [0.4, 0.5) is 0 Å². The molecule has 7 atom stereocenters. The van der Waals surface area contributed by atoms with E-state index in [0.29, 0.717) is 23.3 Å². The highest BCUT2D eigenvalue weighted by Crippen LogP contribution is 2.72. The van der Waals surface area contributed by atoms with Gasteiger partial charge in [0.25, 0.3) is 0 Å². The average Bonchev–Trinajstić information content (AvgIpc) is 3.24. The molecule has 6 aliphatic rings. The molecule has 3 N–H and O–H groups in total. The smallest absolute Gasteiger partial charge is 0.330 e. The maximum absolute atomic E-state index is 14.9. The average molecular weight is 611 g/mol. The van der Waals surface area contributed by atoms with Crippen LogP contribution in [0.2, 0.25) is 0 Å². The summed E-state index contributed by atoms with van der Waals surface area (Å²) in [4.78, 5) is 41.5. The third-order valence-electron chi connectivity index (χ3n) is 11.3. The molecule has 1 saturated heterocycles. The number of phenolic OH excluding ortho intramolecular Hbond substituents is 1. The second-order valence-corrected chi connectivity index (χ2v) is 14.5. The molecule has 0 aromatic heterocycles. The second kappa shape index (κ2) is 9.17. The minimum Gasteiger partial charge on any atom is -0.507 e. The number of rotatable bonds is 6. The van der Waals surface area contributed by atoms with Gasteiger partial charge in [-0.05, 0) is 54.4 Å². The summed E-state index contributed by atoms with van der Waals surface area (Å²) in [5.74, 6) is -4.02. The number of ether oxygens (including phenoxy) is 4. The number of Topliss-reactive ketones (excluding diaryl/α,β-unsaturated/α-hetero) is 2. The molecule has 1 spiro atoms. The number of fused-ring (bicyclic) bond motifs is 3. The van der Waals surface area contributed by atoms with E-state index < -0.39 is 63.3 Å². The van der Waals surface area contributed by atoms with Gasteiger partial charge in [-0.25, -0.2) is 4.79 Å². The highest BCUT2D eigenvalue weighted by Gasteiger charge is 2.89. The van der Waals surface area contributed by atoms with Crippen LogP contribution in [0.1, 0.15) is 89.7 Å². The van der Waals surface area contributed by atoms with Crippen molar-refractivity contribution in [1.29, 1.82) is 0 Å². The summed E-state index contributed by atoms with van der Waals surface area (Å²) in [6.07, 6.45) is 1.52. The first kappa shape index (κ1) is 30.8. The Labute approximate surface area is 257 Å². The van der Waals surface area contributed by atoms with Crippen molar-refractivity contribution in [2.75, 3.05) is 7.11 Å². The molecule has 3 aliphatic carbocycles. The number of benzene rings is 1. The Morgan fingerprint density at radius 2 is 1.75 bits per heavy atom. The maximum atomic E-state index is 14.9. The zero-order chi connectivity index (χ0) is 32.5. The molecule has 1 aromatic rings. The van der Waals surface area contributed by atoms with Crippen LogP contribution in [-0.2, 0) is 30.9 Å². The molecule has 44 heavy (non-hydrogen) atoms. The van der Waals surface area contributed by atoms with E-state index in [1.807, 2.05) is 54.5 Å². The molecule has 238 valence electrons. The zero-order valence-electron chi connectivity index (χ0n) is 26.8. The van der Waals surface area contributed by atoms with Crippen molar-refractivity contribution in [3.05, 3.63) is 40.0 Å². The number of aliphatic hydroxyl groups excluding tert-OH is 1. The lowest BCUT2D eigenvalue weighted by atomic mass is 9.44. The first-order valence-corrected chi connectivity index (χ1v) is 15.2. The van der Waals surface area contributed by atoms with Gasteiger partial charge in [0, 0.05) is 41.6 Å². The molecule has 3 saturated carbocycles. The molecule has 0 unspecified atom stereocenters. The number of carbonyl (C=O) groups is 3. The van der Waals surface area contributed by atoms with Gasteiger partial charge in [-0.2, -0.15) is 0 Å². The van der Waals surface area contributed by atoms with E-state index >= 15 is 0 Å². The Balaban J connectivity index is 1.70. The number of aromatic hydroxyl groups is 1. The van der Waals surface area contributed by atoms with E-state index in [0.717, 1.165) is 5.57 Å². The van der Waals surface area contributed by atoms with Crippen molar-refractivity contribution < 1.29 is 48.7 Å². The highest BCUT2D eigenvalue weighted by atomic mass is 16.6. The molecule has 7 rings (SSSR count). The number of ketones is 2. The van der Waals surface area contributed by atoms with Crippen LogP contribution in [0.3, 0.4) is 0 Å². The monoisotopic (exact) mass is 610 g/mol. The van der Waals surface area contributed by atoms with E-state index in [1.165, 1.54) is 20.1 Å². The standard InChI is InChI=1S/C34H42O10/c1-15(2)10-11-18-23(35)20-24(36)21-27(37)32(41-9)14-19-31(7,8)44-33(29(32)40,13-12-16(3)28(38)39)34(19,21)43-26(20)22-25(18)42-17(4)30(22,5)6/h10,12,17,19,21,27,35,37H,11,13-14H2,1-9H3,(H,38,39)/t17-,19+,21-,27-,32-,33+,34+/m0/s1. The normalized spacial score (nSPS) is 37.1. The third-order valence-corrected chi connectivity index (χ3v) is 11.3. The summed E-state index contributed by atoms with van der Waals surface area (Å²) in [5, 5.41) is 33.4. The van der Waals surface area contributed by atoms with E-state index in [9.17, 15) is 29.7 Å². The summed E-state index contributed by atoms with van der Waals surface area (Å²) in [6, 6.07) is 0. The van der Waals surface area contributed by atoms with Gasteiger partial charge in [0.2, 0.25) is 5.78 Å². The van der Waals surface area contributed by atoms with Gasteiger partial charge < -0.3 is 34.3 Å². The summed E-state index contributed by atoms with van der Waals surface area (Å²) < 4.78 is 26.0. The molecule has 0 amide bonds. The van der Waals surface area contributed by atoms with Gasteiger partial charge in [-0.3, -0.25) is 9.59 Å². The molecular weight excluding hydrogens is 568 g/mol. The van der Waals surface area contributed by atoms with Crippen molar-refractivity contribution in [2.24, 2.45) is 11.8 Å². The summed E-state index contributed by atoms with van der Waals surface area (Å²) in [7, 11) is 1.32. The minimum atomic E-state index is -1.87. The fourth-order valence-corrected chi connectivity index (χ4v) is 8.65. The molecule has 4 fully saturated rings. The minimum absolute atomic E-state index is 0.00760. The lowest BCUT2D eigenvalue weighted by molar-refractivity contribution is -0.263. The fourth-order valence-electron chi connectivity index (χ4n) is 8.65. The number of phenols is 1. The van der Waals surface area contributed by atoms with Crippen LogP contribution >= 0.6 is 0 Å². The number of carboxylic acid groups (broad SMARTS) is 1. The van der Waals surface area contributed by atoms with Crippen LogP contribution < -0.4 is 9.47 Å². The van der Waals surface area contributed by atoms with Gasteiger partial charge in [-0.15, -0.1) is 0 Å². The maximum Gasteiger partial charge on any atom is 0.330 e. The molecule has 10 heteroatoms. The predicted octanol–water partition coefficient (Wildman–Crippen LogP) is 4.21. The van der Waals surface area contributed by atoms with E-state index in [-0.39, 0.29) is 41.6 Å². The Morgan fingerprint density at radius 1 is 1.09 bits per heavy atom. The van der Waals surface area contributed by atoms with Crippen LogP contribution in [0.5, 0.6) is 17.2 Å². The Morgan fingerprint density at radius 3 is 2.34 bits per heavy atom. The van der Waals surface area contributed by atoms with E-state index in [1.54, 1.807) is 0 Å². The summed E-state index contributed by atoms with van der Waals surface area (Å²) in [5.41, 5.74) is -5.09. The van der Waals surface area contributed by atoms with Crippen molar-refractivity contribution in [3.63, 3.8) is 0 Å². The molecule has 3 aliphatic heterocycles. The molecule has 10 nitrogen and oxygen atoms in total. The SMILES string of the molecule is CO[C@]12C[C@@H]3C(C)(C)O[C@](CC=C(C)C(=O)O)(C1=O)[C@@]31Oc3c(c(O)c(CC=C(C)C)c4c3C(C)(C)[C@H](C)O4)C(=O)[C@H]1[C@@H]2O. The fraction of sp³-hybridized carbons (Fsp3) is 0.618. The highest BCUT2D eigenvalue weighted by molar-refractivity contribution is 6.11. The predicted molar refractivity (Wildman–Crippen MR) is 158 cm³/mol. The largest absolute Gasteiger partial charge is 0.507 e. The number of carbonyl (C=O) groups excluding carboxylic acids is 2. The zero-order valence-corrected chi connectivity index (χ0v) is 26.8. The van der Waals surface area contributed by atoms with Gasteiger partial charge in [0.05, 0.1) is 11.5 Å². The van der Waals surface area contributed by atoms with Crippen molar-refractivity contribution >= 4 is 17.5 Å². The van der Waals surface area contributed by atoms with Crippen LogP contribution in [-0.4, -0.2) is 74.6 Å². The molecule has 1 aromatic carbocycles. The number of allylic oxidation sites excluding steroid dienone is 2. The lowest BCUT2D eigenvalue weighted by Gasteiger charge is -2.65.